The molecule has 0 spiro atoms. The van der Waals surface area contributed by atoms with Gasteiger partial charge in [0, 0.05) is 21.4 Å². The van der Waals surface area contributed by atoms with Gasteiger partial charge in [0.2, 0.25) is 0 Å². The van der Waals surface area contributed by atoms with Crippen LogP contribution >= 0.6 is 28.1 Å². The van der Waals surface area contributed by atoms with E-state index in [1.54, 1.807) is 19.1 Å². The fourth-order valence-electron chi connectivity index (χ4n) is 1.61. The number of hydrogen-bond donors (Lipinski definition) is 2. The van der Waals surface area contributed by atoms with Gasteiger partial charge in [-0.3, -0.25) is 4.79 Å². The highest BCUT2D eigenvalue weighted by Gasteiger charge is 2.01. The Morgan fingerprint density at radius 2 is 1.40 bits per heavy atom. The molecular formula is C15H13BrN2OS. The van der Waals surface area contributed by atoms with E-state index < -0.39 is 0 Å². The monoisotopic (exact) mass is 348 g/mol. The van der Waals surface area contributed by atoms with Gasteiger partial charge in [-0.25, -0.2) is 0 Å². The molecule has 0 saturated heterocycles. The molecule has 0 aliphatic heterocycles. The number of thiocarbonyl (C=S) groups is 1. The number of anilines is 2. The highest BCUT2D eigenvalue weighted by molar-refractivity contribution is 9.10. The summed E-state index contributed by atoms with van der Waals surface area (Å²) < 4.78 is 1.02. The molecule has 0 aliphatic rings. The normalized spacial score (nSPS) is 9.90. The van der Waals surface area contributed by atoms with Gasteiger partial charge < -0.3 is 10.6 Å². The average Bonchev–Trinajstić information content (AvgIpc) is 2.42. The number of rotatable bonds is 3. The summed E-state index contributed by atoms with van der Waals surface area (Å²) in [4.78, 5) is 11.2. The van der Waals surface area contributed by atoms with E-state index in [4.69, 9.17) is 12.2 Å². The third-order valence-corrected chi connectivity index (χ3v) is 3.38. The third-order valence-electron chi connectivity index (χ3n) is 2.65. The van der Waals surface area contributed by atoms with Crippen LogP contribution in [0.25, 0.3) is 0 Å². The highest BCUT2D eigenvalue weighted by Crippen LogP contribution is 2.15. The Morgan fingerprint density at radius 3 is 1.85 bits per heavy atom. The molecule has 102 valence electrons. The molecule has 2 rings (SSSR count). The summed E-state index contributed by atoms with van der Waals surface area (Å²) in [5, 5.41) is 6.66. The van der Waals surface area contributed by atoms with Crippen molar-refractivity contribution in [3.8, 4) is 0 Å². The van der Waals surface area contributed by atoms with Crippen LogP contribution in [0.1, 0.15) is 17.3 Å². The van der Waals surface area contributed by atoms with Crippen molar-refractivity contribution in [2.75, 3.05) is 10.6 Å². The summed E-state index contributed by atoms with van der Waals surface area (Å²) in [6.07, 6.45) is 0. The molecule has 0 atom stereocenters. The van der Waals surface area contributed by atoms with Crippen LogP contribution in [0, 0.1) is 0 Å². The second-order valence-corrected chi connectivity index (χ2v) is 5.54. The van der Waals surface area contributed by atoms with Gasteiger partial charge >= 0.3 is 0 Å². The predicted octanol–water partition coefficient (Wildman–Crippen LogP) is 4.46. The smallest absolute Gasteiger partial charge is 0.175 e. The molecule has 20 heavy (non-hydrogen) atoms. The zero-order valence-corrected chi connectivity index (χ0v) is 13.2. The minimum absolute atomic E-state index is 0.0483. The van der Waals surface area contributed by atoms with E-state index in [0.717, 1.165) is 15.8 Å². The molecular weight excluding hydrogens is 336 g/mol. The topological polar surface area (TPSA) is 41.1 Å². The number of ketones is 1. The molecule has 3 nitrogen and oxygen atoms in total. The Balaban J connectivity index is 1.97. The molecule has 0 unspecified atom stereocenters. The lowest BCUT2D eigenvalue weighted by Crippen LogP contribution is -2.18. The number of hydrogen-bond acceptors (Lipinski definition) is 2. The molecule has 5 heteroatoms. The largest absolute Gasteiger partial charge is 0.332 e. The third kappa shape index (κ3) is 4.15. The first-order valence-electron chi connectivity index (χ1n) is 5.99. The number of benzene rings is 2. The van der Waals surface area contributed by atoms with E-state index >= 15 is 0 Å². The fraction of sp³-hybridized carbons (Fsp3) is 0.0667. The van der Waals surface area contributed by atoms with Gasteiger partial charge in [0.15, 0.2) is 10.9 Å². The highest BCUT2D eigenvalue weighted by atomic mass is 79.9. The van der Waals surface area contributed by atoms with Crippen molar-refractivity contribution in [2.45, 2.75) is 6.92 Å². The maximum absolute atomic E-state index is 11.2. The lowest BCUT2D eigenvalue weighted by Gasteiger charge is -2.10. The van der Waals surface area contributed by atoms with Gasteiger partial charge in [-0.05, 0) is 67.7 Å². The number of carbonyl (C=O) groups excluding carboxylic acids is 1. The van der Waals surface area contributed by atoms with Crippen LogP contribution < -0.4 is 10.6 Å². The Labute approximate surface area is 131 Å². The Morgan fingerprint density at radius 1 is 0.950 bits per heavy atom. The maximum atomic E-state index is 11.2. The molecule has 0 amide bonds. The summed E-state index contributed by atoms with van der Waals surface area (Å²) in [5.41, 5.74) is 2.43. The van der Waals surface area contributed by atoms with E-state index in [9.17, 15) is 4.79 Å². The first kappa shape index (κ1) is 14.7. The molecule has 0 bridgehead atoms. The van der Waals surface area contributed by atoms with Gasteiger partial charge in [-0.1, -0.05) is 15.9 Å². The Hall–Kier alpha value is -1.72. The predicted molar refractivity (Wildman–Crippen MR) is 90.4 cm³/mol. The molecule has 2 N–H and O–H groups in total. The van der Waals surface area contributed by atoms with Crippen molar-refractivity contribution in [3.05, 3.63) is 58.6 Å². The zero-order chi connectivity index (χ0) is 14.5. The molecule has 2 aromatic rings. The number of halogens is 1. The Kier molecular flexibility index (Phi) is 4.87. The summed E-state index contributed by atoms with van der Waals surface area (Å²) in [5.74, 6) is 0.0483. The van der Waals surface area contributed by atoms with Crippen molar-refractivity contribution < 1.29 is 4.79 Å². The van der Waals surface area contributed by atoms with Crippen LogP contribution in [-0.4, -0.2) is 10.9 Å². The summed E-state index contributed by atoms with van der Waals surface area (Å²) in [6.45, 7) is 1.54. The zero-order valence-electron chi connectivity index (χ0n) is 10.8. The van der Waals surface area contributed by atoms with Crippen LogP contribution in [0.3, 0.4) is 0 Å². The molecule has 0 saturated carbocycles. The van der Waals surface area contributed by atoms with E-state index in [-0.39, 0.29) is 5.78 Å². The Bertz CT molecular complexity index is 623. The second kappa shape index (κ2) is 6.63. The molecule has 0 fully saturated rings. The fourth-order valence-corrected chi connectivity index (χ4v) is 2.11. The summed E-state index contributed by atoms with van der Waals surface area (Å²) in [6, 6.07) is 14.9. The summed E-state index contributed by atoms with van der Waals surface area (Å²) >= 11 is 8.61. The maximum Gasteiger partial charge on any atom is 0.175 e. The van der Waals surface area contributed by atoms with E-state index in [1.165, 1.54) is 0 Å². The molecule has 0 aliphatic carbocycles. The lowest BCUT2D eigenvalue weighted by molar-refractivity contribution is 0.101. The van der Waals surface area contributed by atoms with Crippen molar-refractivity contribution in [1.82, 2.24) is 0 Å². The summed E-state index contributed by atoms with van der Waals surface area (Å²) in [7, 11) is 0. The van der Waals surface area contributed by atoms with Crippen LogP contribution in [0.4, 0.5) is 11.4 Å². The SMILES string of the molecule is CC(=O)c1ccc(NC(=S)Nc2ccc(Br)cc2)cc1. The molecule has 0 radical (unpaired) electrons. The molecule has 2 aromatic carbocycles. The first-order chi connectivity index (χ1) is 9.54. The van der Waals surface area contributed by atoms with E-state index in [0.29, 0.717) is 10.7 Å². The molecule has 0 heterocycles. The average molecular weight is 349 g/mol. The van der Waals surface area contributed by atoms with Crippen molar-refractivity contribution in [2.24, 2.45) is 0 Å². The van der Waals surface area contributed by atoms with Gasteiger partial charge in [-0.2, -0.15) is 0 Å². The standard InChI is InChI=1S/C15H13BrN2OS/c1-10(19)11-2-6-13(7-3-11)17-15(20)18-14-8-4-12(16)5-9-14/h2-9H,1H3,(H2,17,18,20). The van der Waals surface area contributed by atoms with Gasteiger partial charge in [0.25, 0.3) is 0 Å². The molecule has 0 aromatic heterocycles. The van der Waals surface area contributed by atoms with Crippen LogP contribution in [0.5, 0.6) is 0 Å². The minimum atomic E-state index is 0.0483. The number of carbonyl (C=O) groups is 1. The van der Waals surface area contributed by atoms with Gasteiger partial charge in [-0.15, -0.1) is 0 Å². The van der Waals surface area contributed by atoms with E-state index in [1.807, 2.05) is 36.4 Å². The van der Waals surface area contributed by atoms with Crippen LogP contribution in [0.2, 0.25) is 0 Å². The van der Waals surface area contributed by atoms with Crippen molar-refractivity contribution in [3.63, 3.8) is 0 Å². The van der Waals surface area contributed by atoms with Gasteiger partial charge in [0.05, 0.1) is 0 Å². The van der Waals surface area contributed by atoms with Gasteiger partial charge in [0.1, 0.15) is 0 Å². The van der Waals surface area contributed by atoms with Crippen molar-refractivity contribution in [1.29, 1.82) is 0 Å². The number of Topliss-reactive ketones (excluding diaryl/α,β-unsaturated/α-hetero) is 1. The first-order valence-corrected chi connectivity index (χ1v) is 7.19. The second-order valence-electron chi connectivity index (χ2n) is 4.22. The minimum Gasteiger partial charge on any atom is -0.332 e. The van der Waals surface area contributed by atoms with E-state index in [2.05, 4.69) is 26.6 Å². The number of nitrogens with one attached hydrogen (secondary N) is 2. The lowest BCUT2D eigenvalue weighted by atomic mass is 10.1. The van der Waals surface area contributed by atoms with Crippen molar-refractivity contribution >= 4 is 50.4 Å². The van der Waals surface area contributed by atoms with Crippen LogP contribution in [0.15, 0.2) is 53.0 Å². The quantitative estimate of drug-likeness (QED) is 0.634. The van der Waals surface area contributed by atoms with Crippen LogP contribution in [-0.2, 0) is 0 Å².